The molecule has 1 fully saturated rings. The van der Waals surface area contributed by atoms with Crippen LogP contribution in [0.15, 0.2) is 24.3 Å². The maximum Gasteiger partial charge on any atom is 0.265 e. The first-order valence-corrected chi connectivity index (χ1v) is 13.6. The lowest BCUT2D eigenvalue weighted by Crippen LogP contribution is -2.37. The number of anilines is 1. The summed E-state index contributed by atoms with van der Waals surface area (Å²) in [5.41, 5.74) is 1.31. The number of fused-ring (bicyclic) bond motifs is 1. The van der Waals surface area contributed by atoms with Gasteiger partial charge in [0.2, 0.25) is 0 Å². The van der Waals surface area contributed by atoms with Gasteiger partial charge in [-0.25, -0.2) is 12.8 Å². The molecular formula is C23H27FN2O5S2. The zero-order valence-corrected chi connectivity index (χ0v) is 20.2. The molecule has 2 heterocycles. The number of para-hydroxylation sites is 1. The molecule has 2 aliphatic rings. The topological polar surface area (TPSA) is 102 Å². The predicted octanol–water partition coefficient (Wildman–Crippen LogP) is 3.33. The summed E-state index contributed by atoms with van der Waals surface area (Å²) in [4.78, 5) is 27.1. The summed E-state index contributed by atoms with van der Waals surface area (Å²) in [6.07, 6.45) is 1.86. The van der Waals surface area contributed by atoms with E-state index in [1.165, 1.54) is 36.5 Å². The quantitative estimate of drug-likeness (QED) is 0.642. The number of nitrogens with one attached hydrogen (secondary N) is 2. The number of thiophene rings is 1. The Morgan fingerprint density at radius 1 is 1.24 bits per heavy atom. The van der Waals surface area contributed by atoms with Crippen molar-refractivity contribution >= 4 is 38.0 Å². The maximum atomic E-state index is 13.9. The van der Waals surface area contributed by atoms with Crippen LogP contribution in [0.3, 0.4) is 0 Å². The van der Waals surface area contributed by atoms with E-state index in [9.17, 15) is 22.4 Å². The Morgan fingerprint density at radius 2 is 2.00 bits per heavy atom. The SMILES string of the molecule is C[C@H]1CCc2c(sc(NC(=O)[C@H](C)Oc3ccccc3F)c2C(=O)N[C@H]2CCS(=O)(=O)C2)C1. The van der Waals surface area contributed by atoms with E-state index in [2.05, 4.69) is 17.6 Å². The molecular weight excluding hydrogens is 467 g/mol. The van der Waals surface area contributed by atoms with Crippen molar-refractivity contribution in [2.45, 2.75) is 51.7 Å². The van der Waals surface area contributed by atoms with Crippen LogP contribution in [0, 0.1) is 11.7 Å². The number of ether oxygens (including phenoxy) is 1. The lowest BCUT2D eigenvalue weighted by Gasteiger charge is -2.19. The number of sulfone groups is 1. The van der Waals surface area contributed by atoms with E-state index in [0.29, 0.717) is 22.9 Å². The van der Waals surface area contributed by atoms with Gasteiger partial charge in [0.15, 0.2) is 27.5 Å². The largest absolute Gasteiger partial charge is 0.478 e. The fourth-order valence-corrected chi connectivity index (χ4v) is 7.33. The van der Waals surface area contributed by atoms with Gasteiger partial charge in [0.1, 0.15) is 5.00 Å². The summed E-state index contributed by atoms with van der Waals surface area (Å²) >= 11 is 1.37. The van der Waals surface area contributed by atoms with Crippen LogP contribution in [-0.2, 0) is 27.5 Å². The molecule has 4 rings (SSSR count). The number of carbonyl (C=O) groups excluding carboxylic acids is 2. The van der Waals surface area contributed by atoms with Crippen LogP contribution in [0.25, 0.3) is 0 Å². The number of hydrogen-bond donors (Lipinski definition) is 2. The number of halogens is 1. The predicted molar refractivity (Wildman–Crippen MR) is 125 cm³/mol. The number of amides is 2. The third-order valence-corrected chi connectivity index (χ3v) is 8.99. The molecule has 1 aliphatic carbocycles. The highest BCUT2D eigenvalue weighted by molar-refractivity contribution is 7.91. The smallest absolute Gasteiger partial charge is 0.265 e. The summed E-state index contributed by atoms with van der Waals surface area (Å²) < 4.78 is 43.0. The third kappa shape index (κ3) is 5.38. The van der Waals surface area contributed by atoms with Crippen LogP contribution in [0.1, 0.15) is 47.5 Å². The number of rotatable bonds is 6. The fourth-order valence-electron chi connectivity index (χ4n) is 4.24. The molecule has 1 aromatic carbocycles. The van der Waals surface area contributed by atoms with E-state index < -0.39 is 33.7 Å². The van der Waals surface area contributed by atoms with Crippen molar-refractivity contribution in [2.75, 3.05) is 16.8 Å². The van der Waals surface area contributed by atoms with Crippen LogP contribution < -0.4 is 15.4 Å². The normalized spacial score (nSPS) is 22.3. The fraction of sp³-hybridized carbons (Fsp3) is 0.478. The Balaban J connectivity index is 1.55. The van der Waals surface area contributed by atoms with E-state index in [1.54, 1.807) is 6.07 Å². The van der Waals surface area contributed by atoms with Gasteiger partial charge in [-0.3, -0.25) is 9.59 Å². The van der Waals surface area contributed by atoms with Crippen LogP contribution in [0.5, 0.6) is 5.75 Å². The Bertz CT molecular complexity index is 1180. The highest BCUT2D eigenvalue weighted by Gasteiger charge is 2.33. The van der Waals surface area contributed by atoms with E-state index in [0.717, 1.165) is 29.7 Å². The minimum Gasteiger partial charge on any atom is -0.478 e. The highest BCUT2D eigenvalue weighted by atomic mass is 32.2. The van der Waals surface area contributed by atoms with Crippen LogP contribution in [0.2, 0.25) is 0 Å². The van der Waals surface area contributed by atoms with Crippen molar-refractivity contribution < 1.29 is 27.1 Å². The molecule has 0 radical (unpaired) electrons. The van der Waals surface area contributed by atoms with Crippen molar-refractivity contribution in [2.24, 2.45) is 5.92 Å². The zero-order valence-electron chi connectivity index (χ0n) is 18.5. The zero-order chi connectivity index (χ0) is 23.8. The first-order chi connectivity index (χ1) is 15.6. The maximum absolute atomic E-state index is 13.9. The molecule has 1 aliphatic heterocycles. The Labute approximate surface area is 196 Å². The molecule has 178 valence electrons. The number of hydrogen-bond acceptors (Lipinski definition) is 6. The highest BCUT2D eigenvalue weighted by Crippen LogP contribution is 2.40. The Hall–Kier alpha value is -2.46. The molecule has 3 atom stereocenters. The van der Waals surface area contributed by atoms with Gasteiger partial charge < -0.3 is 15.4 Å². The van der Waals surface area contributed by atoms with Gasteiger partial charge in [-0.05, 0) is 56.2 Å². The van der Waals surface area contributed by atoms with Crippen molar-refractivity contribution in [3.8, 4) is 5.75 Å². The van der Waals surface area contributed by atoms with Crippen molar-refractivity contribution in [1.29, 1.82) is 0 Å². The average molecular weight is 495 g/mol. The van der Waals surface area contributed by atoms with Gasteiger partial charge in [-0.1, -0.05) is 19.1 Å². The molecule has 7 nitrogen and oxygen atoms in total. The average Bonchev–Trinajstić information content (AvgIpc) is 3.27. The summed E-state index contributed by atoms with van der Waals surface area (Å²) in [5.74, 6) is -1.00. The van der Waals surface area contributed by atoms with Gasteiger partial charge in [-0.15, -0.1) is 11.3 Å². The monoisotopic (exact) mass is 494 g/mol. The minimum absolute atomic E-state index is 0.0279. The minimum atomic E-state index is -3.14. The van der Waals surface area contributed by atoms with Crippen LogP contribution >= 0.6 is 11.3 Å². The van der Waals surface area contributed by atoms with E-state index in [-0.39, 0.29) is 23.2 Å². The molecule has 2 N–H and O–H groups in total. The summed E-state index contributed by atoms with van der Waals surface area (Å²) in [5, 5.41) is 6.06. The van der Waals surface area contributed by atoms with E-state index >= 15 is 0 Å². The van der Waals surface area contributed by atoms with Gasteiger partial charge in [0.25, 0.3) is 11.8 Å². The van der Waals surface area contributed by atoms with Gasteiger partial charge >= 0.3 is 0 Å². The molecule has 1 aromatic heterocycles. The van der Waals surface area contributed by atoms with E-state index in [4.69, 9.17) is 4.74 Å². The lowest BCUT2D eigenvalue weighted by molar-refractivity contribution is -0.122. The molecule has 2 amide bonds. The number of carbonyl (C=O) groups is 2. The Morgan fingerprint density at radius 3 is 2.70 bits per heavy atom. The molecule has 0 unspecified atom stereocenters. The van der Waals surface area contributed by atoms with Crippen molar-refractivity contribution in [1.82, 2.24) is 5.32 Å². The molecule has 0 spiro atoms. The van der Waals surface area contributed by atoms with Crippen molar-refractivity contribution in [3.05, 3.63) is 46.1 Å². The first kappa shape index (κ1) is 23.7. The first-order valence-electron chi connectivity index (χ1n) is 11.0. The standard InChI is InChI=1S/C23H27FN2O5S2/c1-13-7-8-16-19(11-13)32-23(20(16)22(28)25-15-9-10-33(29,30)12-15)26-21(27)14(2)31-18-6-4-3-5-17(18)24/h3-6,13-15H,7-12H2,1-2H3,(H,25,28)(H,26,27)/t13-,14-,15-/m0/s1. The second kappa shape index (κ2) is 9.42. The van der Waals surface area contributed by atoms with Crippen LogP contribution in [0.4, 0.5) is 9.39 Å². The molecule has 10 heteroatoms. The molecule has 1 saturated heterocycles. The second-order valence-corrected chi connectivity index (χ2v) is 12.1. The summed E-state index contributed by atoms with van der Waals surface area (Å²) in [7, 11) is -3.14. The summed E-state index contributed by atoms with van der Waals surface area (Å²) in [6.45, 7) is 3.66. The molecule has 0 bridgehead atoms. The van der Waals surface area contributed by atoms with Gasteiger partial charge in [0.05, 0.1) is 17.1 Å². The van der Waals surface area contributed by atoms with Gasteiger partial charge in [0, 0.05) is 10.9 Å². The molecule has 33 heavy (non-hydrogen) atoms. The van der Waals surface area contributed by atoms with Crippen molar-refractivity contribution in [3.63, 3.8) is 0 Å². The lowest BCUT2D eigenvalue weighted by atomic mass is 9.88. The van der Waals surface area contributed by atoms with E-state index in [1.807, 2.05) is 0 Å². The number of benzene rings is 1. The van der Waals surface area contributed by atoms with Gasteiger partial charge in [-0.2, -0.15) is 0 Å². The second-order valence-electron chi connectivity index (χ2n) is 8.81. The summed E-state index contributed by atoms with van der Waals surface area (Å²) in [6, 6.07) is 5.40. The molecule has 2 aromatic rings. The molecule has 0 saturated carbocycles. The van der Waals surface area contributed by atoms with Crippen LogP contribution in [-0.4, -0.2) is 43.9 Å². The third-order valence-electron chi connectivity index (χ3n) is 6.05. The Kier molecular flexibility index (Phi) is 6.76.